The third kappa shape index (κ3) is 2.80. The summed E-state index contributed by atoms with van der Waals surface area (Å²) in [6.07, 6.45) is 1.37. The molecule has 23 heavy (non-hydrogen) atoms. The number of Topliss-reactive ketones (excluding diaryl/α,β-unsaturated/α-hetero) is 1. The normalized spacial score (nSPS) is 10.3. The van der Waals surface area contributed by atoms with Crippen LogP contribution in [0.1, 0.15) is 15.9 Å². The number of anilines is 1. The zero-order valence-electron chi connectivity index (χ0n) is 11.8. The molecule has 1 heterocycles. The minimum atomic E-state index is -0.856. The average molecular weight is 307 g/mol. The number of benzene rings is 2. The number of nitrogens with zero attached hydrogens (tertiary/aromatic N) is 1. The number of carbonyl (C=O) groups excluding carboxylic acids is 2. The Morgan fingerprint density at radius 2 is 2.00 bits per heavy atom. The van der Waals surface area contributed by atoms with Gasteiger partial charge in [0.1, 0.15) is 5.82 Å². The van der Waals surface area contributed by atoms with Crippen molar-refractivity contribution in [3.05, 3.63) is 65.6 Å². The maximum Gasteiger partial charge on any atom is 0.296 e. The molecule has 1 amide bonds. The summed E-state index contributed by atoms with van der Waals surface area (Å²) in [5.41, 5.74) is 1.36. The second-order valence-electron chi connectivity index (χ2n) is 4.87. The minimum absolute atomic E-state index is 0.0911. The molecule has 3 rings (SSSR count). The molecule has 5 nitrogen and oxygen atoms in total. The van der Waals surface area contributed by atoms with Gasteiger partial charge in [0.25, 0.3) is 11.7 Å². The van der Waals surface area contributed by atoms with Gasteiger partial charge in [-0.05, 0) is 36.4 Å². The first-order chi connectivity index (χ1) is 11.1. The number of H-pyrrole nitrogens is 1. The molecule has 0 unspecified atom stereocenters. The van der Waals surface area contributed by atoms with Crippen LogP contribution in [0.15, 0.2) is 48.7 Å². The number of hydrogen-bond donors (Lipinski definition) is 2. The topological polar surface area (TPSA) is 85.8 Å². The van der Waals surface area contributed by atoms with Crippen LogP contribution in [0.4, 0.5) is 10.1 Å². The van der Waals surface area contributed by atoms with Crippen molar-refractivity contribution >= 4 is 28.3 Å². The van der Waals surface area contributed by atoms with Crippen molar-refractivity contribution in [3.63, 3.8) is 0 Å². The van der Waals surface area contributed by atoms with Crippen LogP contribution in [0, 0.1) is 17.1 Å². The van der Waals surface area contributed by atoms with E-state index in [0.29, 0.717) is 22.2 Å². The van der Waals surface area contributed by atoms with Crippen molar-refractivity contribution in [2.45, 2.75) is 0 Å². The van der Waals surface area contributed by atoms with Crippen molar-refractivity contribution < 1.29 is 14.0 Å². The Bertz CT molecular complexity index is 969. The first kappa shape index (κ1) is 14.5. The van der Waals surface area contributed by atoms with Gasteiger partial charge in [-0.3, -0.25) is 9.59 Å². The molecule has 0 aliphatic heterocycles. The predicted molar refractivity (Wildman–Crippen MR) is 82.4 cm³/mol. The van der Waals surface area contributed by atoms with Crippen molar-refractivity contribution in [1.82, 2.24) is 4.98 Å². The highest BCUT2D eigenvalue weighted by Gasteiger charge is 2.20. The van der Waals surface area contributed by atoms with Gasteiger partial charge in [0.2, 0.25) is 0 Å². The molecule has 112 valence electrons. The standard InChI is InChI=1S/C17H10FN3O2/c18-11-4-5-15-13(7-11)14(9-20-15)16(22)17(23)21-12-3-1-2-10(6-12)8-19/h1-7,9,20H,(H,21,23). The summed E-state index contributed by atoms with van der Waals surface area (Å²) < 4.78 is 13.3. The quantitative estimate of drug-likeness (QED) is 0.576. The lowest BCUT2D eigenvalue weighted by molar-refractivity contribution is -0.112. The van der Waals surface area contributed by atoms with E-state index in [1.54, 1.807) is 18.2 Å². The van der Waals surface area contributed by atoms with Crippen molar-refractivity contribution in [2.75, 3.05) is 5.32 Å². The van der Waals surface area contributed by atoms with Gasteiger partial charge >= 0.3 is 0 Å². The van der Waals surface area contributed by atoms with Gasteiger partial charge in [0, 0.05) is 22.8 Å². The summed E-state index contributed by atoms with van der Waals surface area (Å²) in [7, 11) is 0. The lowest BCUT2D eigenvalue weighted by atomic mass is 10.1. The molecule has 0 atom stereocenters. The summed E-state index contributed by atoms with van der Waals surface area (Å²) in [6, 6.07) is 12.1. The number of carbonyl (C=O) groups is 2. The maximum atomic E-state index is 13.3. The average Bonchev–Trinajstić information content (AvgIpc) is 2.97. The number of amides is 1. The fourth-order valence-electron chi connectivity index (χ4n) is 2.26. The first-order valence-electron chi connectivity index (χ1n) is 6.71. The molecule has 1 aromatic heterocycles. The molecule has 0 spiro atoms. The van der Waals surface area contributed by atoms with E-state index >= 15 is 0 Å². The van der Waals surface area contributed by atoms with Gasteiger partial charge in [-0.25, -0.2) is 4.39 Å². The summed E-state index contributed by atoms with van der Waals surface area (Å²) in [6.45, 7) is 0. The lowest BCUT2D eigenvalue weighted by Gasteiger charge is -2.04. The Labute approximate surface area is 130 Å². The molecule has 0 fully saturated rings. The predicted octanol–water partition coefficient (Wildman–Crippen LogP) is 3.00. The van der Waals surface area contributed by atoms with Crippen LogP contribution in [-0.2, 0) is 4.79 Å². The van der Waals surface area contributed by atoms with E-state index < -0.39 is 17.5 Å². The summed E-state index contributed by atoms with van der Waals surface area (Å²) in [4.78, 5) is 27.2. The molecule has 6 heteroatoms. The van der Waals surface area contributed by atoms with Gasteiger partial charge in [0.05, 0.1) is 17.2 Å². The van der Waals surface area contributed by atoms with Gasteiger partial charge in [-0.15, -0.1) is 0 Å². The zero-order chi connectivity index (χ0) is 16.4. The highest BCUT2D eigenvalue weighted by Crippen LogP contribution is 2.20. The third-order valence-electron chi connectivity index (χ3n) is 3.34. The zero-order valence-corrected chi connectivity index (χ0v) is 11.8. The van der Waals surface area contributed by atoms with Gasteiger partial charge in [-0.2, -0.15) is 5.26 Å². The van der Waals surface area contributed by atoms with E-state index in [9.17, 15) is 14.0 Å². The largest absolute Gasteiger partial charge is 0.360 e. The Balaban J connectivity index is 1.88. The number of fused-ring (bicyclic) bond motifs is 1. The van der Waals surface area contributed by atoms with Crippen molar-refractivity contribution in [1.29, 1.82) is 5.26 Å². The number of ketones is 1. The van der Waals surface area contributed by atoms with Crippen LogP contribution in [0.25, 0.3) is 10.9 Å². The highest BCUT2D eigenvalue weighted by atomic mass is 19.1. The summed E-state index contributed by atoms with van der Waals surface area (Å²) in [5, 5.41) is 11.6. The molecule has 0 bridgehead atoms. The Morgan fingerprint density at radius 1 is 1.17 bits per heavy atom. The van der Waals surface area contributed by atoms with E-state index in [1.807, 2.05) is 6.07 Å². The van der Waals surface area contributed by atoms with Crippen molar-refractivity contribution in [3.8, 4) is 6.07 Å². The van der Waals surface area contributed by atoms with Gasteiger partial charge in [0.15, 0.2) is 0 Å². The number of nitriles is 1. The van der Waals surface area contributed by atoms with Crippen LogP contribution in [-0.4, -0.2) is 16.7 Å². The van der Waals surface area contributed by atoms with Gasteiger partial charge in [-0.1, -0.05) is 6.07 Å². The molecular formula is C17H10FN3O2. The molecule has 2 aromatic carbocycles. The molecular weight excluding hydrogens is 297 g/mol. The lowest BCUT2D eigenvalue weighted by Crippen LogP contribution is -2.22. The molecule has 2 N–H and O–H groups in total. The highest BCUT2D eigenvalue weighted by molar-refractivity contribution is 6.48. The number of aromatic amines is 1. The van der Waals surface area contributed by atoms with Gasteiger partial charge < -0.3 is 10.3 Å². The third-order valence-corrected chi connectivity index (χ3v) is 3.34. The summed E-state index contributed by atoms with van der Waals surface area (Å²) in [5.74, 6) is -2.14. The van der Waals surface area contributed by atoms with Crippen LogP contribution in [0.5, 0.6) is 0 Å². The molecule has 0 aliphatic rings. The number of aromatic nitrogens is 1. The summed E-state index contributed by atoms with van der Waals surface area (Å²) >= 11 is 0. The Hall–Kier alpha value is -3.46. The SMILES string of the molecule is N#Cc1cccc(NC(=O)C(=O)c2c[nH]c3ccc(F)cc23)c1. The van der Waals surface area contributed by atoms with E-state index in [0.717, 1.165) is 0 Å². The first-order valence-corrected chi connectivity index (χ1v) is 6.71. The van der Waals surface area contributed by atoms with Crippen LogP contribution in [0.2, 0.25) is 0 Å². The van der Waals surface area contributed by atoms with E-state index in [1.165, 1.54) is 30.5 Å². The number of hydrogen-bond acceptors (Lipinski definition) is 3. The fraction of sp³-hybridized carbons (Fsp3) is 0. The van der Waals surface area contributed by atoms with E-state index in [4.69, 9.17) is 5.26 Å². The Morgan fingerprint density at radius 3 is 2.78 bits per heavy atom. The monoisotopic (exact) mass is 307 g/mol. The minimum Gasteiger partial charge on any atom is -0.360 e. The second kappa shape index (κ2) is 5.73. The number of halogens is 1. The van der Waals surface area contributed by atoms with Crippen LogP contribution < -0.4 is 5.32 Å². The molecule has 3 aromatic rings. The molecule has 0 saturated carbocycles. The van der Waals surface area contributed by atoms with E-state index in [2.05, 4.69) is 10.3 Å². The van der Waals surface area contributed by atoms with Crippen LogP contribution in [0.3, 0.4) is 0 Å². The van der Waals surface area contributed by atoms with E-state index in [-0.39, 0.29) is 5.56 Å². The molecule has 0 radical (unpaired) electrons. The number of nitrogens with one attached hydrogen (secondary N) is 2. The van der Waals surface area contributed by atoms with Crippen molar-refractivity contribution in [2.24, 2.45) is 0 Å². The molecule has 0 saturated heterocycles. The Kier molecular flexibility index (Phi) is 3.61. The number of rotatable bonds is 3. The molecule has 0 aliphatic carbocycles. The second-order valence-corrected chi connectivity index (χ2v) is 4.87. The smallest absolute Gasteiger partial charge is 0.296 e. The van der Waals surface area contributed by atoms with Crippen LogP contribution >= 0.6 is 0 Å². The maximum absolute atomic E-state index is 13.3. The fourth-order valence-corrected chi connectivity index (χ4v) is 2.26.